The molecule has 0 radical (unpaired) electrons. The molecule has 11 heteroatoms. The van der Waals surface area contributed by atoms with Crippen LogP contribution in [0.3, 0.4) is 0 Å². The first-order valence-corrected chi connectivity index (χ1v) is 15.3. The third-order valence-corrected chi connectivity index (χ3v) is 8.23. The van der Waals surface area contributed by atoms with E-state index in [1.165, 1.54) is 0 Å². The molecule has 2 aliphatic heterocycles. The summed E-state index contributed by atoms with van der Waals surface area (Å²) >= 11 is 0. The fraction of sp³-hybridized carbons (Fsp3) is 0.485. The first-order chi connectivity index (χ1) is 21.2. The van der Waals surface area contributed by atoms with E-state index < -0.39 is 0 Å². The molecule has 3 heterocycles. The molecule has 0 bridgehead atoms. The van der Waals surface area contributed by atoms with E-state index in [-0.39, 0.29) is 24.4 Å². The number of piperazine rings is 1. The van der Waals surface area contributed by atoms with Crippen LogP contribution in [0.15, 0.2) is 52.8 Å². The largest absolute Gasteiger partial charge is 0.381 e. The zero-order valence-electron chi connectivity index (χ0n) is 26.6. The van der Waals surface area contributed by atoms with Crippen LogP contribution in [0.4, 0.5) is 11.5 Å². The summed E-state index contributed by atoms with van der Waals surface area (Å²) in [6.45, 7) is 12.6. The van der Waals surface area contributed by atoms with Gasteiger partial charge in [0, 0.05) is 87.1 Å². The summed E-state index contributed by atoms with van der Waals surface area (Å²) in [5.41, 5.74) is 4.39. The maximum absolute atomic E-state index is 13.6. The van der Waals surface area contributed by atoms with Crippen molar-refractivity contribution in [3.63, 3.8) is 0 Å². The summed E-state index contributed by atoms with van der Waals surface area (Å²) in [7, 11) is 2.13. The molecule has 3 amide bonds. The van der Waals surface area contributed by atoms with Crippen LogP contribution in [-0.2, 0) is 14.3 Å². The fourth-order valence-electron chi connectivity index (χ4n) is 5.41. The number of hydrogen-bond acceptors (Lipinski definition) is 8. The number of hydrogen-bond donors (Lipinski definition) is 2. The molecule has 0 saturated carbocycles. The highest BCUT2D eigenvalue weighted by molar-refractivity contribution is 6.00. The van der Waals surface area contributed by atoms with Gasteiger partial charge in [-0.3, -0.25) is 14.4 Å². The second-order valence-corrected chi connectivity index (χ2v) is 11.4. The number of aliphatic imine (C=N–C) groups is 1. The number of carbonyl (C=O) groups is 3. The van der Waals surface area contributed by atoms with Crippen molar-refractivity contribution in [3.05, 3.63) is 53.4 Å². The number of nitrogens with zero attached hydrogens (tertiary/aromatic N) is 5. The number of likely N-dealkylation sites (N-methyl/N-ethyl adjacent to an activating group) is 1. The molecule has 11 nitrogen and oxygen atoms in total. The number of pyridine rings is 1. The normalized spacial score (nSPS) is 17.1. The Hall–Kier alpha value is -4.09. The molecule has 0 aliphatic carbocycles. The van der Waals surface area contributed by atoms with Crippen LogP contribution in [-0.4, -0.2) is 93.0 Å². The van der Waals surface area contributed by atoms with Crippen molar-refractivity contribution in [1.82, 2.24) is 20.5 Å². The summed E-state index contributed by atoms with van der Waals surface area (Å²) in [5, 5.41) is 5.53. The van der Waals surface area contributed by atoms with Crippen molar-refractivity contribution in [3.8, 4) is 11.1 Å². The van der Waals surface area contributed by atoms with Crippen LogP contribution in [0, 0.1) is 0 Å². The van der Waals surface area contributed by atoms with Gasteiger partial charge in [0.15, 0.2) is 0 Å². The number of carbonyl (C=O) groups excluding carboxylic acids is 3. The van der Waals surface area contributed by atoms with Crippen molar-refractivity contribution < 1.29 is 19.1 Å². The molecule has 1 aromatic heterocycles. The van der Waals surface area contributed by atoms with Gasteiger partial charge in [-0.25, -0.2) is 9.98 Å². The maximum Gasteiger partial charge on any atom is 0.251 e. The van der Waals surface area contributed by atoms with Gasteiger partial charge >= 0.3 is 0 Å². The van der Waals surface area contributed by atoms with E-state index in [0.29, 0.717) is 48.8 Å². The zero-order valence-corrected chi connectivity index (χ0v) is 26.6. The first kappa shape index (κ1) is 32.8. The van der Waals surface area contributed by atoms with Gasteiger partial charge in [-0.1, -0.05) is 6.92 Å². The van der Waals surface area contributed by atoms with E-state index in [1.54, 1.807) is 13.0 Å². The predicted octanol–water partition coefficient (Wildman–Crippen LogP) is 3.61. The van der Waals surface area contributed by atoms with Gasteiger partial charge in [-0.2, -0.15) is 0 Å². The average Bonchev–Trinajstić information content (AvgIpc) is 3.04. The number of anilines is 2. The molecule has 1 aromatic carbocycles. The number of amides is 3. The van der Waals surface area contributed by atoms with Gasteiger partial charge in [-0.15, -0.1) is 0 Å². The molecule has 0 spiro atoms. The van der Waals surface area contributed by atoms with Crippen molar-refractivity contribution >= 4 is 35.6 Å². The lowest BCUT2D eigenvalue weighted by atomic mass is 9.99. The number of allylic oxidation sites excluding steroid dienone is 1. The number of benzene rings is 1. The Morgan fingerprint density at radius 3 is 2.43 bits per heavy atom. The van der Waals surface area contributed by atoms with Crippen molar-refractivity contribution in [2.75, 3.05) is 62.8 Å². The number of aromatic nitrogens is 1. The molecular weight excluding hydrogens is 558 g/mol. The number of nitrogens with one attached hydrogen (secondary N) is 2. The Morgan fingerprint density at radius 1 is 1.07 bits per heavy atom. The zero-order chi connectivity index (χ0) is 31.6. The highest BCUT2D eigenvalue weighted by Crippen LogP contribution is 2.31. The van der Waals surface area contributed by atoms with Crippen LogP contribution in [0.5, 0.6) is 0 Å². The Kier molecular flexibility index (Phi) is 11.6. The molecule has 2 saturated heterocycles. The number of amidine groups is 1. The lowest BCUT2D eigenvalue weighted by Gasteiger charge is -2.35. The monoisotopic (exact) mass is 603 g/mol. The van der Waals surface area contributed by atoms with Crippen molar-refractivity contribution in [1.29, 1.82) is 0 Å². The minimum Gasteiger partial charge on any atom is -0.381 e. The molecule has 4 rings (SSSR count). The van der Waals surface area contributed by atoms with Crippen LogP contribution >= 0.6 is 0 Å². The Balaban J connectivity index is 1.66. The summed E-state index contributed by atoms with van der Waals surface area (Å²) in [5.74, 6) is 1.15. The van der Waals surface area contributed by atoms with E-state index in [1.807, 2.05) is 56.1 Å². The number of ether oxygens (including phenoxy) is 1. The Bertz CT molecular complexity index is 1380. The third kappa shape index (κ3) is 8.51. The summed E-state index contributed by atoms with van der Waals surface area (Å²) in [6, 6.07) is 9.70. The van der Waals surface area contributed by atoms with E-state index in [0.717, 1.165) is 61.5 Å². The molecule has 2 N–H and O–H groups in total. The topological polar surface area (TPSA) is 119 Å². The molecule has 0 unspecified atom stereocenters. The molecule has 2 aliphatic rings. The highest BCUT2D eigenvalue weighted by Gasteiger charge is 2.28. The minimum atomic E-state index is -0.259. The minimum absolute atomic E-state index is 0.00556. The molecule has 236 valence electrons. The van der Waals surface area contributed by atoms with Gasteiger partial charge in [0.25, 0.3) is 5.91 Å². The van der Waals surface area contributed by atoms with Crippen LogP contribution in [0.2, 0.25) is 0 Å². The van der Waals surface area contributed by atoms with Gasteiger partial charge < -0.3 is 30.1 Å². The summed E-state index contributed by atoms with van der Waals surface area (Å²) in [6.07, 6.45) is 4.25. The average molecular weight is 604 g/mol. The smallest absolute Gasteiger partial charge is 0.251 e. The quantitative estimate of drug-likeness (QED) is 0.242. The van der Waals surface area contributed by atoms with Gasteiger partial charge in [0.2, 0.25) is 12.3 Å². The van der Waals surface area contributed by atoms with Gasteiger partial charge in [-0.05, 0) is 82.1 Å². The number of rotatable bonds is 10. The second-order valence-electron chi connectivity index (χ2n) is 11.4. The highest BCUT2D eigenvalue weighted by atomic mass is 16.5. The van der Waals surface area contributed by atoms with Crippen LogP contribution in [0.1, 0.15) is 57.3 Å². The maximum atomic E-state index is 13.6. The van der Waals surface area contributed by atoms with E-state index in [2.05, 4.69) is 32.5 Å². The van der Waals surface area contributed by atoms with Gasteiger partial charge in [0.05, 0.1) is 0 Å². The lowest BCUT2D eigenvalue weighted by molar-refractivity contribution is -0.119. The third-order valence-electron chi connectivity index (χ3n) is 8.23. The van der Waals surface area contributed by atoms with Crippen molar-refractivity contribution in [2.24, 2.45) is 4.99 Å². The van der Waals surface area contributed by atoms with Crippen LogP contribution in [0.25, 0.3) is 11.1 Å². The molecule has 2 aromatic rings. The van der Waals surface area contributed by atoms with Crippen LogP contribution < -0.4 is 20.4 Å². The molecule has 44 heavy (non-hydrogen) atoms. The standard InChI is InChI=1S/C33H45N7O4/c1-6-32(42)40(29-9-15-44-16-10-29)30-18-27(26-7-8-31(34-21-26)39-13-11-38(5)12-14-39)17-28(19-30)33(43)35-20-23(2)24(3)37-25(4)36-22-41/h7-8,17-19,21-22,29H,6,9-16,20H2,1-5H3,(H,35,43)(H,36,37,41)/b24-23+. The summed E-state index contributed by atoms with van der Waals surface area (Å²) in [4.78, 5) is 53.2. The summed E-state index contributed by atoms with van der Waals surface area (Å²) < 4.78 is 5.58. The van der Waals surface area contributed by atoms with E-state index >= 15 is 0 Å². The second kappa shape index (κ2) is 15.6. The Morgan fingerprint density at radius 2 is 1.80 bits per heavy atom. The lowest BCUT2D eigenvalue weighted by Crippen LogP contribution is -2.44. The molecule has 0 atom stereocenters. The molecular formula is C33H45N7O4. The van der Waals surface area contributed by atoms with E-state index in [4.69, 9.17) is 9.72 Å². The van der Waals surface area contributed by atoms with E-state index in [9.17, 15) is 14.4 Å². The van der Waals surface area contributed by atoms with Gasteiger partial charge in [0.1, 0.15) is 11.7 Å². The van der Waals surface area contributed by atoms with Crippen molar-refractivity contribution in [2.45, 2.75) is 53.0 Å². The molecule has 2 fully saturated rings. The first-order valence-electron chi connectivity index (χ1n) is 15.3. The Labute approximate surface area is 260 Å². The SMILES string of the molecule is CCC(=O)N(c1cc(C(=O)NC/C(C)=C(C)/N=C(/C)NC=O)cc(-c2ccc(N3CCN(C)CC3)nc2)c1)C1CCOCC1. The predicted molar refractivity (Wildman–Crippen MR) is 174 cm³/mol. The fourth-order valence-corrected chi connectivity index (χ4v) is 5.41.